The second-order valence-electron chi connectivity index (χ2n) is 8.16. The van der Waals surface area contributed by atoms with Gasteiger partial charge in [0.05, 0.1) is 6.54 Å². The molecule has 35 heavy (non-hydrogen) atoms. The standard InChI is InChI=1S/C25H24N4O5S/c1-28(2)25-27-18-12-21(35-23(18)29(25)16-8-4-3-5-9-16)24(31)33-15-22(30)26-13-17-14-32-19-10-6-7-11-20(19)34-17/h3-12,17H,13-15H2,1-2H3,(H,26,30). The smallest absolute Gasteiger partial charge is 0.348 e. The van der Waals surface area contributed by atoms with Gasteiger partial charge in [-0.2, -0.15) is 0 Å². The monoisotopic (exact) mass is 492 g/mol. The van der Waals surface area contributed by atoms with Gasteiger partial charge < -0.3 is 24.4 Å². The van der Waals surface area contributed by atoms with Crippen molar-refractivity contribution in [2.45, 2.75) is 6.10 Å². The molecule has 0 aliphatic carbocycles. The highest BCUT2D eigenvalue weighted by Crippen LogP contribution is 2.33. The number of rotatable bonds is 7. The van der Waals surface area contributed by atoms with Crippen LogP contribution in [0.5, 0.6) is 11.5 Å². The second kappa shape index (κ2) is 9.67. The summed E-state index contributed by atoms with van der Waals surface area (Å²) in [6.07, 6.45) is -0.322. The molecule has 3 heterocycles. The van der Waals surface area contributed by atoms with E-state index in [-0.39, 0.29) is 19.3 Å². The Morgan fingerprint density at radius 2 is 1.89 bits per heavy atom. The van der Waals surface area contributed by atoms with E-state index >= 15 is 0 Å². The SMILES string of the molecule is CN(C)c1nc2cc(C(=O)OCC(=O)NCC3COc4ccccc4O3)sc2n1-c1ccccc1. The number of aromatic nitrogens is 2. The first-order valence-electron chi connectivity index (χ1n) is 11.1. The van der Waals surface area contributed by atoms with E-state index in [9.17, 15) is 9.59 Å². The molecule has 9 nitrogen and oxygen atoms in total. The van der Waals surface area contributed by atoms with Crippen molar-refractivity contribution in [3.8, 4) is 17.2 Å². The van der Waals surface area contributed by atoms with E-state index in [0.717, 1.165) is 16.5 Å². The molecule has 10 heteroatoms. The van der Waals surface area contributed by atoms with Crippen LogP contribution in [0.1, 0.15) is 9.67 Å². The van der Waals surface area contributed by atoms with E-state index in [0.29, 0.717) is 28.5 Å². The average Bonchev–Trinajstić information content (AvgIpc) is 3.45. The minimum atomic E-state index is -0.569. The summed E-state index contributed by atoms with van der Waals surface area (Å²) in [5, 5.41) is 2.72. The minimum Gasteiger partial charge on any atom is -0.486 e. The van der Waals surface area contributed by atoms with E-state index in [4.69, 9.17) is 14.2 Å². The van der Waals surface area contributed by atoms with E-state index in [1.807, 2.05) is 78.2 Å². The van der Waals surface area contributed by atoms with Crippen molar-refractivity contribution in [3.05, 3.63) is 65.5 Å². The summed E-state index contributed by atoms with van der Waals surface area (Å²) in [5.74, 6) is 1.09. The number of nitrogens with zero attached hydrogens (tertiary/aromatic N) is 3. The molecule has 1 unspecified atom stereocenters. The number of nitrogens with one attached hydrogen (secondary N) is 1. The van der Waals surface area contributed by atoms with Crippen molar-refractivity contribution in [1.29, 1.82) is 0 Å². The number of benzene rings is 2. The van der Waals surface area contributed by atoms with Gasteiger partial charge in [-0.25, -0.2) is 9.78 Å². The van der Waals surface area contributed by atoms with Crippen molar-refractivity contribution in [2.24, 2.45) is 0 Å². The number of anilines is 1. The fourth-order valence-corrected chi connectivity index (χ4v) is 4.72. The van der Waals surface area contributed by atoms with Crippen molar-refractivity contribution in [1.82, 2.24) is 14.9 Å². The molecule has 1 amide bonds. The molecule has 0 bridgehead atoms. The number of carbonyl (C=O) groups excluding carboxylic acids is 2. The highest BCUT2D eigenvalue weighted by atomic mass is 32.1. The van der Waals surface area contributed by atoms with Crippen LogP contribution < -0.4 is 19.7 Å². The molecular weight excluding hydrogens is 468 g/mol. The first-order valence-corrected chi connectivity index (χ1v) is 11.9. The van der Waals surface area contributed by atoms with Crippen molar-refractivity contribution in [3.63, 3.8) is 0 Å². The summed E-state index contributed by atoms with van der Waals surface area (Å²) >= 11 is 1.28. The summed E-state index contributed by atoms with van der Waals surface area (Å²) in [6, 6.07) is 18.9. The lowest BCUT2D eigenvalue weighted by Gasteiger charge is -2.26. The fraction of sp³-hybridized carbons (Fsp3) is 0.240. The summed E-state index contributed by atoms with van der Waals surface area (Å²) in [7, 11) is 3.84. The third-order valence-electron chi connectivity index (χ3n) is 5.36. The zero-order valence-electron chi connectivity index (χ0n) is 19.3. The summed E-state index contributed by atoms with van der Waals surface area (Å²) < 4.78 is 18.7. The first-order chi connectivity index (χ1) is 17.0. The summed E-state index contributed by atoms with van der Waals surface area (Å²) in [6.45, 7) is 0.178. The Morgan fingerprint density at radius 1 is 1.14 bits per heavy atom. The molecule has 1 aliphatic heterocycles. The number of esters is 1. The van der Waals surface area contributed by atoms with Gasteiger partial charge in [0.1, 0.15) is 27.9 Å². The number of thiophene rings is 1. The van der Waals surface area contributed by atoms with Crippen LogP contribution in [-0.4, -0.2) is 61.4 Å². The molecule has 4 aromatic rings. The maximum atomic E-state index is 12.6. The predicted molar refractivity (Wildman–Crippen MR) is 133 cm³/mol. The Kier molecular flexibility index (Phi) is 6.28. The number of ether oxygens (including phenoxy) is 3. The van der Waals surface area contributed by atoms with Crippen LogP contribution >= 0.6 is 11.3 Å². The lowest BCUT2D eigenvalue weighted by Crippen LogP contribution is -2.42. The molecule has 5 rings (SSSR count). The van der Waals surface area contributed by atoms with E-state index in [2.05, 4.69) is 10.3 Å². The molecule has 2 aromatic heterocycles. The van der Waals surface area contributed by atoms with Gasteiger partial charge in [0, 0.05) is 19.8 Å². The zero-order valence-corrected chi connectivity index (χ0v) is 20.1. The molecule has 1 N–H and O–H groups in total. The van der Waals surface area contributed by atoms with E-state index in [1.54, 1.807) is 6.07 Å². The quantitative estimate of drug-likeness (QED) is 0.396. The number of amides is 1. The van der Waals surface area contributed by atoms with Gasteiger partial charge >= 0.3 is 5.97 Å². The Bertz CT molecular complexity index is 1360. The summed E-state index contributed by atoms with van der Waals surface area (Å²) in [4.78, 5) is 32.7. The topological polar surface area (TPSA) is 94.9 Å². The molecular formula is C25H24N4O5S. The number of hydrogen-bond acceptors (Lipinski definition) is 8. The number of hydrogen-bond donors (Lipinski definition) is 1. The van der Waals surface area contributed by atoms with Gasteiger partial charge in [-0.15, -0.1) is 11.3 Å². The van der Waals surface area contributed by atoms with Crippen LogP contribution in [0.2, 0.25) is 0 Å². The van der Waals surface area contributed by atoms with Crippen LogP contribution in [0.4, 0.5) is 5.95 Å². The lowest BCUT2D eigenvalue weighted by molar-refractivity contribution is -0.124. The Hall–Kier alpha value is -4.05. The van der Waals surface area contributed by atoms with Crippen LogP contribution in [0, 0.1) is 0 Å². The van der Waals surface area contributed by atoms with Crippen LogP contribution in [-0.2, 0) is 9.53 Å². The van der Waals surface area contributed by atoms with Gasteiger partial charge in [-0.3, -0.25) is 9.36 Å². The van der Waals surface area contributed by atoms with Crippen LogP contribution in [0.15, 0.2) is 60.7 Å². The number of carbonyl (C=O) groups is 2. The lowest BCUT2D eigenvalue weighted by atomic mass is 10.2. The number of fused-ring (bicyclic) bond motifs is 2. The van der Waals surface area contributed by atoms with E-state index < -0.39 is 11.9 Å². The van der Waals surface area contributed by atoms with Gasteiger partial charge in [-0.1, -0.05) is 30.3 Å². The van der Waals surface area contributed by atoms with E-state index in [1.165, 1.54) is 11.3 Å². The first kappa shape index (κ1) is 22.7. The second-order valence-corrected chi connectivity index (χ2v) is 9.19. The van der Waals surface area contributed by atoms with Crippen molar-refractivity contribution >= 4 is 39.5 Å². The van der Waals surface area contributed by atoms with Gasteiger partial charge in [0.2, 0.25) is 5.95 Å². The van der Waals surface area contributed by atoms with Gasteiger partial charge in [-0.05, 0) is 30.3 Å². The average molecular weight is 493 g/mol. The molecule has 0 fully saturated rings. The molecule has 0 saturated heterocycles. The van der Waals surface area contributed by atoms with Gasteiger partial charge in [0.15, 0.2) is 18.1 Å². The zero-order chi connectivity index (χ0) is 24.4. The molecule has 1 aliphatic rings. The third-order valence-corrected chi connectivity index (χ3v) is 6.45. The molecule has 180 valence electrons. The Labute approximate surface area is 205 Å². The molecule has 0 radical (unpaired) electrons. The largest absolute Gasteiger partial charge is 0.486 e. The Morgan fingerprint density at radius 3 is 2.66 bits per heavy atom. The maximum absolute atomic E-state index is 12.6. The minimum absolute atomic E-state index is 0.242. The predicted octanol–water partition coefficient (Wildman–Crippen LogP) is 3.27. The fourth-order valence-electron chi connectivity index (χ4n) is 3.72. The van der Waals surface area contributed by atoms with Crippen molar-refractivity contribution in [2.75, 3.05) is 38.8 Å². The normalized spacial score (nSPS) is 14.5. The molecule has 0 spiro atoms. The number of para-hydroxylation sites is 3. The molecule has 1 atom stereocenters. The summed E-state index contributed by atoms with van der Waals surface area (Å²) in [5.41, 5.74) is 1.63. The number of imidazole rings is 1. The highest BCUT2D eigenvalue weighted by molar-refractivity contribution is 7.20. The Balaban J connectivity index is 1.20. The maximum Gasteiger partial charge on any atom is 0.348 e. The third kappa shape index (κ3) is 4.78. The highest BCUT2D eigenvalue weighted by Gasteiger charge is 2.23. The van der Waals surface area contributed by atoms with Crippen molar-refractivity contribution < 1.29 is 23.8 Å². The molecule has 0 saturated carbocycles. The molecule has 2 aromatic carbocycles. The van der Waals surface area contributed by atoms with Gasteiger partial charge in [0.25, 0.3) is 5.91 Å². The van der Waals surface area contributed by atoms with Crippen LogP contribution in [0.3, 0.4) is 0 Å². The van der Waals surface area contributed by atoms with Crippen LogP contribution in [0.25, 0.3) is 16.0 Å².